The first-order valence-electron chi connectivity index (χ1n) is 9.48. The van der Waals surface area contributed by atoms with E-state index in [1.807, 2.05) is 12.1 Å². The van der Waals surface area contributed by atoms with Crippen molar-refractivity contribution in [3.8, 4) is 11.5 Å². The molecule has 1 atom stereocenters. The lowest BCUT2D eigenvalue weighted by atomic mass is 9.99. The van der Waals surface area contributed by atoms with Crippen molar-refractivity contribution < 1.29 is 17.9 Å². The molecule has 1 aliphatic rings. The number of sulfonamides is 1. The maximum absolute atomic E-state index is 12.6. The average molecular weight is 405 g/mol. The van der Waals surface area contributed by atoms with Crippen molar-refractivity contribution >= 4 is 15.7 Å². The second-order valence-corrected chi connectivity index (χ2v) is 8.97. The van der Waals surface area contributed by atoms with Gasteiger partial charge in [-0.2, -0.15) is 0 Å². The summed E-state index contributed by atoms with van der Waals surface area (Å²) < 4.78 is 38.2. The van der Waals surface area contributed by atoms with Crippen molar-refractivity contribution in [1.29, 1.82) is 0 Å². The van der Waals surface area contributed by atoms with Crippen LogP contribution in [-0.4, -0.2) is 35.7 Å². The van der Waals surface area contributed by atoms with Crippen molar-refractivity contribution in [2.24, 2.45) is 5.92 Å². The van der Waals surface area contributed by atoms with E-state index in [2.05, 4.69) is 28.7 Å². The highest BCUT2D eigenvalue weighted by Gasteiger charge is 2.18. The molecule has 0 aliphatic carbocycles. The van der Waals surface area contributed by atoms with Crippen LogP contribution in [0.25, 0.3) is 0 Å². The van der Waals surface area contributed by atoms with E-state index in [1.54, 1.807) is 6.07 Å². The Balaban J connectivity index is 1.66. The number of benzene rings is 2. The number of rotatable bonds is 7. The number of hydrogen-bond donors (Lipinski definition) is 1. The zero-order valence-corrected chi connectivity index (χ0v) is 17.5. The lowest BCUT2D eigenvalue weighted by Gasteiger charge is -2.32. The summed E-state index contributed by atoms with van der Waals surface area (Å²) in [5.74, 6) is 1.58. The summed E-state index contributed by atoms with van der Waals surface area (Å²) >= 11 is 0. The van der Waals surface area contributed by atoms with Gasteiger partial charge in [0.25, 0.3) is 0 Å². The van der Waals surface area contributed by atoms with Gasteiger partial charge in [-0.15, -0.1) is 0 Å². The largest absolute Gasteiger partial charge is 0.493 e. The standard InChI is InChI=1S/C21H28N2O4S/c1-16-5-4-12-23(15-16)18-8-6-17(7-9-18)14-22-28(24,25)19-10-11-20(26-2)21(13-19)27-3/h6-11,13,16,22H,4-5,12,14-15H2,1-3H3/t16-/m0/s1. The molecule has 1 fully saturated rings. The fourth-order valence-corrected chi connectivity index (χ4v) is 4.53. The Morgan fingerprint density at radius 1 is 1.07 bits per heavy atom. The van der Waals surface area contributed by atoms with Crippen LogP contribution in [0.5, 0.6) is 11.5 Å². The number of nitrogens with zero attached hydrogens (tertiary/aromatic N) is 1. The Morgan fingerprint density at radius 2 is 1.79 bits per heavy atom. The first-order valence-corrected chi connectivity index (χ1v) is 11.0. The van der Waals surface area contributed by atoms with Gasteiger partial charge in [0, 0.05) is 31.4 Å². The minimum absolute atomic E-state index is 0.143. The minimum atomic E-state index is -3.65. The zero-order valence-electron chi connectivity index (χ0n) is 16.6. The van der Waals surface area contributed by atoms with E-state index in [4.69, 9.17) is 9.47 Å². The van der Waals surface area contributed by atoms with E-state index in [9.17, 15) is 8.42 Å². The first kappa shape index (κ1) is 20.5. The predicted molar refractivity (Wildman–Crippen MR) is 111 cm³/mol. The fourth-order valence-electron chi connectivity index (χ4n) is 3.49. The molecule has 0 aromatic heterocycles. The average Bonchev–Trinajstić information content (AvgIpc) is 2.72. The number of piperidine rings is 1. The van der Waals surface area contributed by atoms with Crippen LogP contribution in [0, 0.1) is 5.92 Å². The monoisotopic (exact) mass is 404 g/mol. The van der Waals surface area contributed by atoms with Crippen LogP contribution < -0.4 is 19.1 Å². The summed E-state index contributed by atoms with van der Waals surface area (Å²) in [6.45, 7) is 4.66. The molecule has 0 radical (unpaired) electrons. The second kappa shape index (κ2) is 8.84. The molecule has 0 saturated carbocycles. The Morgan fingerprint density at radius 3 is 2.43 bits per heavy atom. The molecule has 7 heteroatoms. The first-order chi connectivity index (χ1) is 13.4. The van der Waals surface area contributed by atoms with Gasteiger partial charge in [0.2, 0.25) is 10.0 Å². The molecular weight excluding hydrogens is 376 g/mol. The van der Waals surface area contributed by atoms with Gasteiger partial charge >= 0.3 is 0 Å². The van der Waals surface area contributed by atoms with E-state index < -0.39 is 10.0 Å². The van der Waals surface area contributed by atoms with Crippen molar-refractivity contribution in [3.05, 3.63) is 48.0 Å². The van der Waals surface area contributed by atoms with Crippen molar-refractivity contribution in [3.63, 3.8) is 0 Å². The molecule has 2 aromatic rings. The van der Waals surface area contributed by atoms with Crippen molar-refractivity contribution in [2.45, 2.75) is 31.2 Å². The van der Waals surface area contributed by atoms with Gasteiger partial charge < -0.3 is 14.4 Å². The maximum atomic E-state index is 12.6. The summed E-state index contributed by atoms with van der Waals surface area (Å²) in [6, 6.07) is 12.6. The molecule has 0 amide bonds. The SMILES string of the molecule is COc1ccc(S(=O)(=O)NCc2ccc(N3CCC[C@H](C)C3)cc2)cc1OC. The quantitative estimate of drug-likeness (QED) is 0.766. The highest BCUT2D eigenvalue weighted by Crippen LogP contribution is 2.29. The molecule has 1 saturated heterocycles. The Kier molecular flexibility index (Phi) is 6.46. The van der Waals surface area contributed by atoms with E-state index in [-0.39, 0.29) is 11.4 Å². The van der Waals surface area contributed by atoms with E-state index in [0.717, 1.165) is 18.7 Å². The topological polar surface area (TPSA) is 67.9 Å². The lowest BCUT2D eigenvalue weighted by Crippen LogP contribution is -2.34. The van der Waals surface area contributed by atoms with Crippen molar-refractivity contribution in [1.82, 2.24) is 4.72 Å². The minimum Gasteiger partial charge on any atom is -0.493 e. The highest BCUT2D eigenvalue weighted by atomic mass is 32.2. The molecule has 1 N–H and O–H groups in total. The van der Waals surface area contributed by atoms with Crippen LogP contribution in [0.4, 0.5) is 5.69 Å². The number of nitrogens with one attached hydrogen (secondary N) is 1. The third-order valence-electron chi connectivity index (χ3n) is 5.09. The number of hydrogen-bond acceptors (Lipinski definition) is 5. The fraction of sp³-hybridized carbons (Fsp3) is 0.429. The molecule has 1 heterocycles. The second-order valence-electron chi connectivity index (χ2n) is 7.20. The number of methoxy groups -OCH3 is 2. The molecule has 3 rings (SSSR count). The summed E-state index contributed by atoms with van der Waals surface area (Å²) in [6.07, 6.45) is 2.50. The van der Waals surface area contributed by atoms with Crippen LogP contribution in [0.3, 0.4) is 0 Å². The van der Waals surface area contributed by atoms with E-state index >= 15 is 0 Å². The van der Waals surface area contributed by atoms with E-state index in [0.29, 0.717) is 17.4 Å². The van der Waals surface area contributed by atoms with Crippen LogP contribution in [0.2, 0.25) is 0 Å². The molecule has 2 aromatic carbocycles. The third kappa shape index (κ3) is 4.77. The van der Waals surface area contributed by atoms with Gasteiger partial charge in [0.1, 0.15) is 0 Å². The Hall–Kier alpha value is -2.25. The van der Waals surface area contributed by atoms with Gasteiger partial charge in [-0.05, 0) is 48.6 Å². The van der Waals surface area contributed by atoms with Gasteiger partial charge in [-0.1, -0.05) is 19.1 Å². The summed E-state index contributed by atoms with van der Waals surface area (Å²) in [5.41, 5.74) is 2.11. The summed E-state index contributed by atoms with van der Waals surface area (Å²) in [7, 11) is -0.659. The van der Waals surface area contributed by atoms with E-state index in [1.165, 1.54) is 44.9 Å². The normalized spacial score (nSPS) is 17.4. The van der Waals surface area contributed by atoms with Gasteiger partial charge in [-0.3, -0.25) is 0 Å². The Bertz CT molecular complexity index is 897. The Labute approximate surface area is 167 Å². The number of ether oxygens (including phenoxy) is 2. The predicted octanol–water partition coefficient (Wildman–Crippen LogP) is 3.42. The van der Waals surface area contributed by atoms with Crippen LogP contribution >= 0.6 is 0 Å². The zero-order chi connectivity index (χ0) is 20.1. The third-order valence-corrected chi connectivity index (χ3v) is 6.49. The smallest absolute Gasteiger partial charge is 0.241 e. The molecule has 28 heavy (non-hydrogen) atoms. The van der Waals surface area contributed by atoms with Gasteiger partial charge in [0.05, 0.1) is 19.1 Å². The maximum Gasteiger partial charge on any atom is 0.241 e. The number of anilines is 1. The molecular formula is C21H28N2O4S. The summed E-state index contributed by atoms with van der Waals surface area (Å²) in [5, 5.41) is 0. The molecule has 152 valence electrons. The molecule has 0 spiro atoms. The highest BCUT2D eigenvalue weighted by molar-refractivity contribution is 7.89. The van der Waals surface area contributed by atoms with Crippen molar-refractivity contribution in [2.75, 3.05) is 32.2 Å². The van der Waals surface area contributed by atoms with Crippen LogP contribution in [0.15, 0.2) is 47.4 Å². The molecule has 0 unspecified atom stereocenters. The molecule has 0 bridgehead atoms. The lowest BCUT2D eigenvalue weighted by molar-refractivity contribution is 0.354. The molecule has 6 nitrogen and oxygen atoms in total. The van der Waals surface area contributed by atoms with Gasteiger partial charge in [0.15, 0.2) is 11.5 Å². The van der Waals surface area contributed by atoms with Crippen LogP contribution in [0.1, 0.15) is 25.3 Å². The summed E-state index contributed by atoms with van der Waals surface area (Å²) in [4.78, 5) is 2.54. The van der Waals surface area contributed by atoms with Gasteiger partial charge in [-0.25, -0.2) is 13.1 Å². The molecule has 1 aliphatic heterocycles. The van der Waals surface area contributed by atoms with Crippen LogP contribution in [-0.2, 0) is 16.6 Å².